The summed E-state index contributed by atoms with van der Waals surface area (Å²) < 4.78 is 37.7. The van der Waals surface area contributed by atoms with E-state index in [-0.39, 0.29) is 29.0 Å². The van der Waals surface area contributed by atoms with E-state index in [0.29, 0.717) is 19.0 Å². The molecule has 0 spiro atoms. The molecule has 1 atom stereocenters. The van der Waals surface area contributed by atoms with Crippen molar-refractivity contribution >= 4 is 28.2 Å². The third kappa shape index (κ3) is 5.94. The van der Waals surface area contributed by atoms with Gasteiger partial charge in [-0.15, -0.1) is 12.4 Å². The van der Waals surface area contributed by atoms with Crippen LogP contribution in [0.1, 0.15) is 19.8 Å². The highest BCUT2D eigenvalue weighted by molar-refractivity contribution is 7.91. The maximum Gasteiger partial charge on any atom is 0.226 e. The predicted molar refractivity (Wildman–Crippen MR) is 98.1 cm³/mol. The van der Waals surface area contributed by atoms with Crippen molar-refractivity contribution in [3.63, 3.8) is 0 Å². The van der Waals surface area contributed by atoms with E-state index in [0.717, 1.165) is 31.5 Å². The van der Waals surface area contributed by atoms with Crippen molar-refractivity contribution < 1.29 is 17.6 Å². The average Bonchev–Trinajstić information content (AvgIpc) is 2.55. The molecular weight excluding hydrogens is 367 g/mol. The molecule has 1 fully saturated rings. The Balaban J connectivity index is 0.00000312. The van der Waals surface area contributed by atoms with E-state index in [1.165, 1.54) is 12.1 Å². The first-order chi connectivity index (χ1) is 11.3. The molecule has 1 N–H and O–H groups in total. The van der Waals surface area contributed by atoms with Crippen LogP contribution < -0.4 is 5.32 Å². The number of piperidine rings is 1. The van der Waals surface area contributed by atoms with Crippen LogP contribution in [0.3, 0.4) is 0 Å². The summed E-state index contributed by atoms with van der Waals surface area (Å²) in [7, 11) is -1.69. The summed E-state index contributed by atoms with van der Waals surface area (Å²) in [4.78, 5) is 14.3. The SMILES string of the molecule is CNCC1CCN(C(=O)C(C)CS(=O)(=O)c2ccc(F)cc2)CC1.Cl. The molecule has 5 nitrogen and oxygen atoms in total. The Morgan fingerprint density at radius 1 is 1.28 bits per heavy atom. The second kappa shape index (κ2) is 9.50. The van der Waals surface area contributed by atoms with Crippen LogP contribution in [-0.2, 0) is 14.6 Å². The summed E-state index contributed by atoms with van der Waals surface area (Å²) in [6.45, 7) is 3.93. The molecule has 1 heterocycles. The van der Waals surface area contributed by atoms with Gasteiger partial charge in [0, 0.05) is 19.0 Å². The molecule has 8 heteroatoms. The maximum absolute atomic E-state index is 12.9. The van der Waals surface area contributed by atoms with Gasteiger partial charge in [0.1, 0.15) is 5.82 Å². The Bertz CT molecular complexity index is 659. The lowest BCUT2D eigenvalue weighted by Crippen LogP contribution is -2.43. The van der Waals surface area contributed by atoms with Gasteiger partial charge in [-0.2, -0.15) is 0 Å². The molecule has 0 radical (unpaired) electrons. The van der Waals surface area contributed by atoms with Crippen molar-refractivity contribution in [3.05, 3.63) is 30.1 Å². The van der Waals surface area contributed by atoms with Gasteiger partial charge in [-0.25, -0.2) is 12.8 Å². The Hall–Kier alpha value is -1.18. The highest BCUT2D eigenvalue weighted by Crippen LogP contribution is 2.20. The van der Waals surface area contributed by atoms with Crippen LogP contribution in [0, 0.1) is 17.7 Å². The summed E-state index contributed by atoms with van der Waals surface area (Å²) in [5, 5.41) is 3.15. The van der Waals surface area contributed by atoms with Crippen LogP contribution in [-0.4, -0.2) is 51.7 Å². The molecule has 1 unspecified atom stereocenters. The fourth-order valence-electron chi connectivity index (χ4n) is 3.10. The fraction of sp³-hybridized carbons (Fsp3) is 0.588. The molecule has 1 amide bonds. The number of carbonyl (C=O) groups is 1. The van der Waals surface area contributed by atoms with Crippen molar-refractivity contribution in [3.8, 4) is 0 Å². The fourth-order valence-corrected chi connectivity index (χ4v) is 4.64. The number of likely N-dealkylation sites (tertiary alicyclic amines) is 1. The number of rotatable bonds is 6. The number of hydrogen-bond acceptors (Lipinski definition) is 4. The molecular formula is C17H26ClFN2O3S. The highest BCUT2D eigenvalue weighted by atomic mass is 35.5. The van der Waals surface area contributed by atoms with Gasteiger partial charge in [-0.05, 0) is 56.6 Å². The van der Waals surface area contributed by atoms with Crippen molar-refractivity contribution in [2.75, 3.05) is 32.4 Å². The Morgan fingerprint density at radius 3 is 2.36 bits per heavy atom. The minimum atomic E-state index is -3.60. The molecule has 0 bridgehead atoms. The first-order valence-electron chi connectivity index (χ1n) is 8.25. The van der Waals surface area contributed by atoms with Gasteiger partial charge >= 0.3 is 0 Å². The van der Waals surface area contributed by atoms with Crippen LogP contribution in [0.5, 0.6) is 0 Å². The smallest absolute Gasteiger partial charge is 0.226 e. The summed E-state index contributed by atoms with van der Waals surface area (Å²) in [6, 6.07) is 4.72. The molecule has 1 saturated heterocycles. The van der Waals surface area contributed by atoms with E-state index in [4.69, 9.17) is 0 Å². The number of halogens is 2. The van der Waals surface area contributed by atoms with Gasteiger partial charge in [-0.3, -0.25) is 4.79 Å². The van der Waals surface area contributed by atoms with Crippen molar-refractivity contribution in [1.29, 1.82) is 0 Å². The molecule has 0 aliphatic carbocycles. The summed E-state index contributed by atoms with van der Waals surface area (Å²) in [6.07, 6.45) is 1.87. The number of nitrogens with zero attached hydrogens (tertiary/aromatic N) is 1. The minimum absolute atomic E-state index is 0. The first kappa shape index (κ1) is 21.9. The molecule has 2 rings (SSSR count). The quantitative estimate of drug-likeness (QED) is 0.753. The monoisotopic (exact) mass is 392 g/mol. The summed E-state index contributed by atoms with van der Waals surface area (Å²) >= 11 is 0. The average molecular weight is 393 g/mol. The highest BCUT2D eigenvalue weighted by Gasteiger charge is 2.29. The number of carbonyl (C=O) groups excluding carboxylic acids is 1. The number of benzene rings is 1. The lowest BCUT2D eigenvalue weighted by Gasteiger charge is -2.33. The van der Waals surface area contributed by atoms with E-state index in [2.05, 4.69) is 5.32 Å². The normalized spacial score (nSPS) is 17.0. The second-order valence-corrected chi connectivity index (χ2v) is 8.50. The van der Waals surface area contributed by atoms with Gasteiger partial charge in [0.25, 0.3) is 0 Å². The molecule has 1 aromatic rings. The van der Waals surface area contributed by atoms with Crippen molar-refractivity contribution in [2.45, 2.75) is 24.7 Å². The Labute approximate surface area is 155 Å². The van der Waals surface area contributed by atoms with E-state index in [1.807, 2.05) is 7.05 Å². The molecule has 142 valence electrons. The van der Waals surface area contributed by atoms with Crippen LogP contribution in [0.25, 0.3) is 0 Å². The minimum Gasteiger partial charge on any atom is -0.342 e. The number of nitrogens with one attached hydrogen (secondary N) is 1. The molecule has 1 aliphatic heterocycles. The van der Waals surface area contributed by atoms with Gasteiger partial charge in [-0.1, -0.05) is 6.92 Å². The van der Waals surface area contributed by atoms with Crippen molar-refractivity contribution in [2.24, 2.45) is 11.8 Å². The van der Waals surface area contributed by atoms with Gasteiger partial charge in [0.15, 0.2) is 9.84 Å². The van der Waals surface area contributed by atoms with Crippen LogP contribution in [0.2, 0.25) is 0 Å². The van der Waals surface area contributed by atoms with Gasteiger partial charge < -0.3 is 10.2 Å². The van der Waals surface area contributed by atoms with E-state index >= 15 is 0 Å². The van der Waals surface area contributed by atoms with E-state index in [9.17, 15) is 17.6 Å². The van der Waals surface area contributed by atoms with Crippen LogP contribution >= 0.6 is 12.4 Å². The number of amides is 1. The largest absolute Gasteiger partial charge is 0.342 e. The topological polar surface area (TPSA) is 66.5 Å². The standard InChI is InChI=1S/C17H25FN2O3S.ClH/c1-13(12-24(22,23)16-5-3-15(18)4-6-16)17(21)20-9-7-14(8-10-20)11-19-2;/h3-6,13-14,19H,7-12H2,1-2H3;1H. The number of sulfone groups is 1. The van der Waals surface area contributed by atoms with Crippen LogP contribution in [0.15, 0.2) is 29.2 Å². The molecule has 1 aromatic carbocycles. The predicted octanol–water partition coefficient (Wildman–Crippen LogP) is 2.12. The lowest BCUT2D eigenvalue weighted by atomic mass is 9.96. The summed E-state index contributed by atoms with van der Waals surface area (Å²) in [5.74, 6) is -0.905. The zero-order valence-corrected chi connectivity index (χ0v) is 16.2. The zero-order chi connectivity index (χ0) is 17.7. The lowest BCUT2D eigenvalue weighted by molar-refractivity contribution is -0.135. The van der Waals surface area contributed by atoms with Crippen molar-refractivity contribution in [1.82, 2.24) is 10.2 Å². The molecule has 1 aliphatic rings. The van der Waals surface area contributed by atoms with Crippen LogP contribution in [0.4, 0.5) is 4.39 Å². The number of hydrogen-bond donors (Lipinski definition) is 1. The maximum atomic E-state index is 12.9. The zero-order valence-electron chi connectivity index (χ0n) is 14.6. The third-order valence-electron chi connectivity index (χ3n) is 4.48. The third-order valence-corrected chi connectivity index (χ3v) is 6.41. The molecule has 0 saturated carbocycles. The Morgan fingerprint density at radius 2 is 1.84 bits per heavy atom. The van der Waals surface area contributed by atoms with E-state index in [1.54, 1.807) is 11.8 Å². The molecule has 0 aromatic heterocycles. The molecule has 25 heavy (non-hydrogen) atoms. The summed E-state index contributed by atoms with van der Waals surface area (Å²) in [5.41, 5.74) is 0. The van der Waals surface area contributed by atoms with Gasteiger partial charge in [0.05, 0.1) is 10.6 Å². The Kier molecular flexibility index (Phi) is 8.31. The van der Waals surface area contributed by atoms with Gasteiger partial charge in [0.2, 0.25) is 5.91 Å². The second-order valence-electron chi connectivity index (χ2n) is 6.46. The van der Waals surface area contributed by atoms with E-state index < -0.39 is 21.6 Å². The first-order valence-corrected chi connectivity index (χ1v) is 9.90.